The number of rotatable bonds is 4. The van der Waals surface area contributed by atoms with E-state index in [-0.39, 0.29) is 11.7 Å². The summed E-state index contributed by atoms with van der Waals surface area (Å²) in [5.41, 5.74) is 4.98. The molecule has 2 aliphatic rings. The van der Waals surface area contributed by atoms with Gasteiger partial charge >= 0.3 is 0 Å². The van der Waals surface area contributed by atoms with Gasteiger partial charge in [-0.1, -0.05) is 24.8 Å². The topological polar surface area (TPSA) is 65.4 Å². The molecule has 1 saturated heterocycles. The lowest BCUT2D eigenvalue weighted by Crippen LogP contribution is -2.40. The molecule has 0 aliphatic carbocycles. The number of allylic oxidation sites excluding steroid dienone is 2. The Kier molecular flexibility index (Phi) is 6.00. The molecular weight excluding hydrogens is 390 g/mol. The lowest BCUT2D eigenvalue weighted by molar-refractivity contribution is 0.0303. The number of carbonyl (C=O) groups is 1. The number of hydrogen-bond donors (Lipinski definition) is 1. The maximum Gasteiger partial charge on any atom is 0.254 e. The van der Waals surface area contributed by atoms with Gasteiger partial charge in [0.15, 0.2) is 0 Å². The number of ether oxygens (including phenoxy) is 1. The van der Waals surface area contributed by atoms with Crippen molar-refractivity contribution in [3.8, 4) is 5.75 Å². The number of aromatic hydroxyl groups is 1. The van der Waals surface area contributed by atoms with Crippen LogP contribution in [0.2, 0.25) is 0 Å². The summed E-state index contributed by atoms with van der Waals surface area (Å²) >= 11 is 0. The average Bonchev–Trinajstić information content (AvgIpc) is 2.82. The quantitative estimate of drug-likeness (QED) is 0.816. The Morgan fingerprint density at radius 3 is 2.35 bits per heavy atom. The van der Waals surface area contributed by atoms with Crippen molar-refractivity contribution in [1.82, 2.24) is 9.80 Å². The first kappa shape index (κ1) is 20.6. The second kappa shape index (κ2) is 9.02. The molecule has 2 heterocycles. The zero-order valence-electron chi connectivity index (χ0n) is 17.5. The molecule has 6 nitrogen and oxygen atoms in total. The highest BCUT2D eigenvalue weighted by Crippen LogP contribution is 2.30. The van der Waals surface area contributed by atoms with Crippen LogP contribution in [0.4, 0.5) is 0 Å². The van der Waals surface area contributed by atoms with Crippen molar-refractivity contribution >= 4 is 23.5 Å². The highest BCUT2D eigenvalue weighted by molar-refractivity contribution is 5.95. The first-order valence-electron chi connectivity index (χ1n) is 10.2. The van der Waals surface area contributed by atoms with E-state index in [1.165, 1.54) is 0 Å². The number of carbonyl (C=O) groups excluding carboxylic acids is 1. The summed E-state index contributed by atoms with van der Waals surface area (Å²) in [7, 11) is 0. The molecule has 158 valence electrons. The Morgan fingerprint density at radius 1 is 1.06 bits per heavy atom. The van der Waals surface area contributed by atoms with Gasteiger partial charge in [-0.15, -0.1) is 0 Å². The number of aliphatic imine (C=N–C) groups is 1. The average molecular weight is 415 g/mol. The van der Waals surface area contributed by atoms with Crippen molar-refractivity contribution < 1.29 is 14.6 Å². The molecule has 6 heteroatoms. The molecule has 1 amide bonds. The van der Waals surface area contributed by atoms with E-state index in [1.54, 1.807) is 18.3 Å². The predicted octanol–water partition coefficient (Wildman–Crippen LogP) is 4.12. The van der Waals surface area contributed by atoms with Crippen molar-refractivity contribution in [2.24, 2.45) is 4.99 Å². The summed E-state index contributed by atoms with van der Waals surface area (Å²) in [5, 5.41) is 9.59. The van der Waals surface area contributed by atoms with E-state index in [2.05, 4.69) is 11.6 Å². The van der Waals surface area contributed by atoms with Gasteiger partial charge in [-0.25, -0.2) is 0 Å². The first-order valence-corrected chi connectivity index (χ1v) is 10.2. The Hall–Kier alpha value is -3.64. The lowest BCUT2D eigenvalue weighted by atomic mass is 10.1. The Bertz CT molecular complexity index is 1060. The number of benzene rings is 2. The van der Waals surface area contributed by atoms with Crippen molar-refractivity contribution in [1.29, 1.82) is 0 Å². The maximum absolute atomic E-state index is 12.7. The fraction of sp³-hybridized carbons (Fsp3) is 0.200. The van der Waals surface area contributed by atoms with E-state index in [0.29, 0.717) is 31.9 Å². The van der Waals surface area contributed by atoms with Gasteiger partial charge in [-0.05, 0) is 48.9 Å². The highest BCUT2D eigenvalue weighted by Gasteiger charge is 2.20. The van der Waals surface area contributed by atoms with Crippen LogP contribution in [-0.2, 0) is 4.74 Å². The largest absolute Gasteiger partial charge is 0.508 e. The Labute approximate surface area is 182 Å². The normalized spacial score (nSPS) is 17.0. The molecule has 1 N–H and O–H groups in total. The maximum atomic E-state index is 12.7. The Morgan fingerprint density at radius 2 is 1.71 bits per heavy atom. The Balaban J connectivity index is 1.57. The predicted molar refractivity (Wildman–Crippen MR) is 122 cm³/mol. The van der Waals surface area contributed by atoms with Crippen LogP contribution in [0, 0.1) is 0 Å². The third-order valence-electron chi connectivity index (χ3n) is 5.34. The minimum Gasteiger partial charge on any atom is -0.508 e. The third kappa shape index (κ3) is 4.44. The molecule has 31 heavy (non-hydrogen) atoms. The molecular formula is C25H25N3O3. The zero-order chi connectivity index (χ0) is 21.8. The zero-order valence-corrected chi connectivity index (χ0v) is 17.5. The van der Waals surface area contributed by atoms with Crippen molar-refractivity contribution in [3.63, 3.8) is 0 Å². The van der Waals surface area contributed by atoms with Crippen LogP contribution < -0.4 is 0 Å². The molecule has 0 unspecified atom stereocenters. The van der Waals surface area contributed by atoms with Gasteiger partial charge in [0, 0.05) is 36.1 Å². The molecule has 4 rings (SSSR count). The summed E-state index contributed by atoms with van der Waals surface area (Å²) in [6.07, 6.45) is 5.66. The molecule has 2 aromatic rings. The van der Waals surface area contributed by atoms with Gasteiger partial charge in [-0.2, -0.15) is 0 Å². The number of morpholine rings is 1. The SMILES string of the molecule is C=C1C=NC(c2ccc(C(=O)N3CCOCC3)cc2)=CN1/C(=C\C)c1ccc(O)cc1. The highest BCUT2D eigenvalue weighted by atomic mass is 16.5. The number of nitrogens with zero attached hydrogens (tertiary/aromatic N) is 3. The van der Waals surface area contributed by atoms with Crippen LogP contribution >= 0.6 is 0 Å². The molecule has 0 atom stereocenters. The number of phenolic OH excluding ortho intramolecular Hbond substituents is 1. The van der Waals surface area contributed by atoms with Crippen LogP contribution in [0.25, 0.3) is 11.4 Å². The van der Waals surface area contributed by atoms with E-state index in [4.69, 9.17) is 4.74 Å². The van der Waals surface area contributed by atoms with Crippen molar-refractivity contribution in [3.05, 3.63) is 89.8 Å². The summed E-state index contributed by atoms with van der Waals surface area (Å²) in [6.45, 7) is 8.47. The number of phenols is 1. The van der Waals surface area contributed by atoms with E-state index in [0.717, 1.165) is 28.2 Å². The number of hydrogen-bond acceptors (Lipinski definition) is 5. The van der Waals surface area contributed by atoms with Gasteiger partial charge in [0.25, 0.3) is 5.91 Å². The van der Waals surface area contributed by atoms with E-state index in [9.17, 15) is 9.90 Å². The molecule has 2 aliphatic heterocycles. The van der Waals surface area contributed by atoms with E-state index in [1.807, 2.05) is 65.4 Å². The monoisotopic (exact) mass is 415 g/mol. The minimum atomic E-state index is 0.0227. The number of amides is 1. The summed E-state index contributed by atoms with van der Waals surface area (Å²) in [6, 6.07) is 14.6. The lowest BCUT2D eigenvalue weighted by Gasteiger charge is -2.28. The van der Waals surface area contributed by atoms with E-state index < -0.39 is 0 Å². The van der Waals surface area contributed by atoms with Gasteiger partial charge in [0.05, 0.1) is 30.8 Å². The second-order valence-corrected chi connectivity index (χ2v) is 7.34. The van der Waals surface area contributed by atoms with Crippen molar-refractivity contribution in [2.75, 3.05) is 26.3 Å². The molecule has 0 spiro atoms. The van der Waals surface area contributed by atoms with Gasteiger partial charge in [0.1, 0.15) is 5.75 Å². The smallest absolute Gasteiger partial charge is 0.254 e. The third-order valence-corrected chi connectivity index (χ3v) is 5.34. The van der Waals surface area contributed by atoms with Gasteiger partial charge < -0.3 is 19.6 Å². The van der Waals surface area contributed by atoms with Crippen LogP contribution in [0.15, 0.2) is 78.1 Å². The fourth-order valence-electron chi connectivity index (χ4n) is 3.63. The fourth-order valence-corrected chi connectivity index (χ4v) is 3.63. The van der Waals surface area contributed by atoms with Crippen LogP contribution in [0.1, 0.15) is 28.4 Å². The molecule has 1 fully saturated rings. The minimum absolute atomic E-state index is 0.0227. The first-order chi connectivity index (χ1) is 15.1. The standard InChI is InChI=1S/C25H25N3O3/c1-3-24(20-8-10-22(29)11-9-20)28-17-23(26-16-18(28)2)19-4-6-21(7-5-19)25(30)27-12-14-31-15-13-27/h3-11,16-17,29H,2,12-15H2,1H3/b24-3-. The summed E-state index contributed by atoms with van der Waals surface area (Å²) in [4.78, 5) is 21.0. The van der Waals surface area contributed by atoms with Crippen LogP contribution in [0.3, 0.4) is 0 Å². The summed E-state index contributed by atoms with van der Waals surface area (Å²) in [5.74, 6) is 0.246. The van der Waals surface area contributed by atoms with Crippen LogP contribution in [0.5, 0.6) is 5.75 Å². The molecule has 2 aromatic carbocycles. The molecule has 0 bridgehead atoms. The molecule has 0 aromatic heterocycles. The van der Waals surface area contributed by atoms with Gasteiger partial charge in [-0.3, -0.25) is 9.79 Å². The molecule has 0 radical (unpaired) electrons. The van der Waals surface area contributed by atoms with Crippen molar-refractivity contribution in [2.45, 2.75) is 6.92 Å². The summed E-state index contributed by atoms with van der Waals surface area (Å²) < 4.78 is 5.32. The van der Waals surface area contributed by atoms with Crippen LogP contribution in [-0.4, -0.2) is 53.3 Å². The van der Waals surface area contributed by atoms with Gasteiger partial charge in [0.2, 0.25) is 0 Å². The van der Waals surface area contributed by atoms with E-state index >= 15 is 0 Å². The second-order valence-electron chi connectivity index (χ2n) is 7.34. The molecule has 0 saturated carbocycles.